The number of nitrogens with zero attached hydrogens (tertiary/aromatic N) is 2. The molecule has 0 spiro atoms. The van der Waals surface area contributed by atoms with Crippen LogP contribution in [0.5, 0.6) is 0 Å². The van der Waals surface area contributed by atoms with Crippen LogP contribution in [0.4, 0.5) is 0 Å². The maximum absolute atomic E-state index is 12.8. The van der Waals surface area contributed by atoms with Gasteiger partial charge in [-0.3, -0.25) is 9.59 Å². The number of hydrogen-bond acceptors (Lipinski definition) is 3. The van der Waals surface area contributed by atoms with Crippen LogP contribution in [0.2, 0.25) is 0 Å². The van der Waals surface area contributed by atoms with Crippen LogP contribution in [-0.2, 0) is 7.05 Å². The van der Waals surface area contributed by atoms with Gasteiger partial charge in [-0.15, -0.1) is 0 Å². The van der Waals surface area contributed by atoms with Gasteiger partial charge in [0, 0.05) is 50.0 Å². The van der Waals surface area contributed by atoms with Gasteiger partial charge in [0.2, 0.25) is 0 Å². The van der Waals surface area contributed by atoms with E-state index in [1.165, 1.54) is 4.57 Å². The van der Waals surface area contributed by atoms with Gasteiger partial charge in [-0.1, -0.05) is 6.92 Å². The third-order valence-electron chi connectivity index (χ3n) is 5.12. The third kappa shape index (κ3) is 2.98. The second-order valence-electron chi connectivity index (χ2n) is 7.16. The highest BCUT2D eigenvalue weighted by atomic mass is 16.2. The summed E-state index contributed by atoms with van der Waals surface area (Å²) in [7, 11) is 1.67. The van der Waals surface area contributed by atoms with Gasteiger partial charge in [-0.2, -0.15) is 0 Å². The molecule has 3 rings (SSSR count). The zero-order valence-electron chi connectivity index (χ0n) is 14.8. The number of aromatic amines is 1. The summed E-state index contributed by atoms with van der Waals surface area (Å²) in [6.45, 7) is 8.60. The van der Waals surface area contributed by atoms with Gasteiger partial charge in [-0.25, -0.2) is 0 Å². The SMILES string of the molecule is CC(C)N1CC[C@@H](NC(=O)c2cn(C)c(=O)c3[nH]ccc23)[C@@H](C)C1. The molecule has 2 aromatic heterocycles. The fourth-order valence-corrected chi connectivity index (χ4v) is 3.56. The lowest BCUT2D eigenvalue weighted by atomic mass is 9.92. The van der Waals surface area contributed by atoms with Crippen molar-refractivity contribution in [3.63, 3.8) is 0 Å². The zero-order chi connectivity index (χ0) is 17.4. The van der Waals surface area contributed by atoms with E-state index >= 15 is 0 Å². The summed E-state index contributed by atoms with van der Waals surface area (Å²) >= 11 is 0. The van der Waals surface area contributed by atoms with Gasteiger partial charge in [0.1, 0.15) is 5.52 Å². The molecule has 24 heavy (non-hydrogen) atoms. The highest BCUT2D eigenvalue weighted by Crippen LogP contribution is 2.20. The maximum atomic E-state index is 12.8. The van der Waals surface area contributed by atoms with Crippen LogP contribution in [-0.4, -0.2) is 45.5 Å². The van der Waals surface area contributed by atoms with E-state index in [9.17, 15) is 9.59 Å². The molecular weight excluding hydrogens is 304 g/mol. The van der Waals surface area contributed by atoms with Crippen LogP contribution >= 0.6 is 0 Å². The Hall–Kier alpha value is -2.08. The van der Waals surface area contributed by atoms with Crippen molar-refractivity contribution in [1.82, 2.24) is 19.8 Å². The smallest absolute Gasteiger partial charge is 0.274 e. The normalized spacial score (nSPS) is 22.2. The van der Waals surface area contributed by atoms with E-state index in [0.717, 1.165) is 19.5 Å². The molecule has 0 aliphatic carbocycles. The summed E-state index contributed by atoms with van der Waals surface area (Å²) < 4.78 is 1.46. The van der Waals surface area contributed by atoms with Crippen LogP contribution in [0.15, 0.2) is 23.3 Å². The lowest BCUT2D eigenvalue weighted by molar-refractivity contribution is 0.0833. The highest BCUT2D eigenvalue weighted by Gasteiger charge is 2.29. The standard InChI is InChI=1S/C18H26N4O2/c1-11(2)22-8-6-15(12(3)9-22)20-17(23)14-10-21(4)18(24)16-13(14)5-7-19-16/h5,7,10-12,15,19H,6,8-9H2,1-4H3,(H,20,23)/t12-,15+/m0/s1. The number of amides is 1. The van der Waals surface area contributed by atoms with Gasteiger partial charge in [0.15, 0.2) is 0 Å². The van der Waals surface area contributed by atoms with Crippen molar-refractivity contribution in [2.45, 2.75) is 39.3 Å². The van der Waals surface area contributed by atoms with Crippen LogP contribution in [0.25, 0.3) is 10.9 Å². The number of likely N-dealkylation sites (tertiary alicyclic amines) is 1. The van der Waals surface area contributed by atoms with E-state index in [2.05, 4.69) is 36.0 Å². The Morgan fingerprint density at radius 1 is 1.42 bits per heavy atom. The number of piperidine rings is 1. The molecule has 0 radical (unpaired) electrons. The Balaban J connectivity index is 1.80. The Morgan fingerprint density at radius 2 is 2.17 bits per heavy atom. The van der Waals surface area contributed by atoms with Crippen molar-refractivity contribution in [3.05, 3.63) is 34.4 Å². The topological polar surface area (TPSA) is 70.1 Å². The molecule has 2 N–H and O–H groups in total. The molecule has 1 saturated heterocycles. The first-order valence-corrected chi connectivity index (χ1v) is 8.60. The number of aryl methyl sites for hydroxylation is 1. The minimum absolute atomic E-state index is 0.106. The molecule has 1 fully saturated rings. The minimum Gasteiger partial charge on any atom is -0.357 e. The van der Waals surface area contributed by atoms with E-state index in [1.807, 2.05) is 0 Å². The lowest BCUT2D eigenvalue weighted by Gasteiger charge is -2.39. The van der Waals surface area contributed by atoms with E-state index in [-0.39, 0.29) is 17.5 Å². The molecule has 0 saturated carbocycles. The number of nitrogens with one attached hydrogen (secondary N) is 2. The molecule has 2 atom stereocenters. The van der Waals surface area contributed by atoms with Crippen molar-refractivity contribution in [1.29, 1.82) is 0 Å². The van der Waals surface area contributed by atoms with Crippen LogP contribution in [0.1, 0.15) is 37.6 Å². The van der Waals surface area contributed by atoms with Crippen LogP contribution < -0.4 is 10.9 Å². The van der Waals surface area contributed by atoms with E-state index < -0.39 is 0 Å². The zero-order valence-corrected chi connectivity index (χ0v) is 14.8. The number of rotatable bonds is 3. The first-order valence-electron chi connectivity index (χ1n) is 8.60. The Labute approximate surface area is 141 Å². The monoisotopic (exact) mass is 330 g/mol. The molecular formula is C18H26N4O2. The molecule has 2 aromatic rings. The van der Waals surface area contributed by atoms with E-state index in [1.54, 1.807) is 25.5 Å². The molecule has 1 aliphatic rings. The van der Waals surface area contributed by atoms with E-state index in [0.29, 0.717) is 28.4 Å². The number of pyridine rings is 1. The lowest BCUT2D eigenvalue weighted by Crippen LogP contribution is -2.51. The summed E-state index contributed by atoms with van der Waals surface area (Å²) in [5.41, 5.74) is 0.907. The third-order valence-corrected chi connectivity index (χ3v) is 5.12. The molecule has 1 amide bonds. The quantitative estimate of drug-likeness (QED) is 0.900. The number of carbonyl (C=O) groups is 1. The molecule has 3 heterocycles. The molecule has 0 bridgehead atoms. The van der Waals surface area contributed by atoms with E-state index in [4.69, 9.17) is 0 Å². The Bertz CT molecular complexity index is 805. The first-order chi connectivity index (χ1) is 11.4. The second kappa shape index (κ2) is 6.43. The number of H-pyrrole nitrogens is 1. The predicted octanol–water partition coefficient (Wildman–Crippen LogP) is 1.72. The van der Waals surface area contributed by atoms with Gasteiger partial charge in [0.05, 0.1) is 5.56 Å². The first kappa shape index (κ1) is 16.8. The van der Waals surface area contributed by atoms with Crippen molar-refractivity contribution in [2.75, 3.05) is 13.1 Å². The fraction of sp³-hybridized carbons (Fsp3) is 0.556. The average Bonchev–Trinajstić information content (AvgIpc) is 3.02. The summed E-state index contributed by atoms with van der Waals surface area (Å²) in [4.78, 5) is 30.3. The van der Waals surface area contributed by atoms with Crippen molar-refractivity contribution in [3.8, 4) is 0 Å². The largest absolute Gasteiger partial charge is 0.357 e. The predicted molar refractivity (Wildman–Crippen MR) is 95.3 cm³/mol. The summed E-state index contributed by atoms with van der Waals surface area (Å²) in [5, 5.41) is 3.86. The van der Waals surface area contributed by atoms with Gasteiger partial charge in [-0.05, 0) is 32.3 Å². The Morgan fingerprint density at radius 3 is 2.83 bits per heavy atom. The summed E-state index contributed by atoms with van der Waals surface area (Å²) in [6.07, 6.45) is 4.28. The molecule has 1 aliphatic heterocycles. The molecule has 0 unspecified atom stereocenters. The van der Waals surface area contributed by atoms with Crippen LogP contribution in [0.3, 0.4) is 0 Å². The number of carbonyl (C=O) groups excluding carboxylic acids is 1. The molecule has 130 valence electrons. The number of hydrogen-bond donors (Lipinski definition) is 2. The van der Waals surface area contributed by atoms with Crippen molar-refractivity contribution >= 4 is 16.8 Å². The van der Waals surface area contributed by atoms with Crippen LogP contribution in [0, 0.1) is 5.92 Å². The Kier molecular flexibility index (Phi) is 4.49. The maximum Gasteiger partial charge on any atom is 0.274 e. The van der Waals surface area contributed by atoms with Gasteiger partial charge < -0.3 is 19.8 Å². The fourth-order valence-electron chi connectivity index (χ4n) is 3.56. The summed E-state index contributed by atoms with van der Waals surface area (Å²) in [6, 6.07) is 2.49. The molecule has 6 heteroatoms. The molecule has 6 nitrogen and oxygen atoms in total. The van der Waals surface area contributed by atoms with Gasteiger partial charge in [0.25, 0.3) is 11.5 Å². The number of aromatic nitrogens is 2. The van der Waals surface area contributed by atoms with Gasteiger partial charge >= 0.3 is 0 Å². The number of fused-ring (bicyclic) bond motifs is 1. The summed E-state index contributed by atoms with van der Waals surface area (Å²) in [5.74, 6) is 0.296. The minimum atomic E-state index is -0.120. The second-order valence-corrected chi connectivity index (χ2v) is 7.16. The highest BCUT2D eigenvalue weighted by molar-refractivity contribution is 6.06. The van der Waals surface area contributed by atoms with Crippen molar-refractivity contribution < 1.29 is 4.79 Å². The molecule has 0 aromatic carbocycles. The van der Waals surface area contributed by atoms with Crippen molar-refractivity contribution in [2.24, 2.45) is 13.0 Å². The average molecular weight is 330 g/mol.